The van der Waals surface area contributed by atoms with Crippen molar-refractivity contribution in [1.29, 1.82) is 0 Å². The third-order valence-electron chi connectivity index (χ3n) is 4.33. The average molecular weight is 275 g/mol. The molecule has 0 spiro atoms. The van der Waals surface area contributed by atoms with Gasteiger partial charge in [0.2, 0.25) is 0 Å². The minimum Gasteiger partial charge on any atom is -0.390 e. The van der Waals surface area contributed by atoms with Crippen molar-refractivity contribution in [2.75, 3.05) is 18.1 Å². The maximum atomic E-state index is 11.4. The molecule has 2 N–H and O–H groups in total. The minimum absolute atomic E-state index is 0.0782. The van der Waals surface area contributed by atoms with Crippen LogP contribution in [0.25, 0.3) is 0 Å². The molecule has 0 aromatic rings. The molecule has 0 bridgehead atoms. The molecule has 4 unspecified atom stereocenters. The summed E-state index contributed by atoms with van der Waals surface area (Å²) in [6, 6.07) is -0.254. The van der Waals surface area contributed by atoms with Crippen LogP contribution in [0.3, 0.4) is 0 Å². The molecule has 18 heavy (non-hydrogen) atoms. The summed E-state index contributed by atoms with van der Waals surface area (Å²) in [6.45, 7) is 3.14. The van der Waals surface area contributed by atoms with E-state index in [0.717, 1.165) is 24.8 Å². The van der Waals surface area contributed by atoms with Gasteiger partial charge in [0, 0.05) is 6.04 Å². The lowest BCUT2D eigenvalue weighted by molar-refractivity contribution is 0.163. The van der Waals surface area contributed by atoms with Crippen LogP contribution in [-0.4, -0.2) is 43.7 Å². The van der Waals surface area contributed by atoms with Gasteiger partial charge in [-0.05, 0) is 31.2 Å². The van der Waals surface area contributed by atoms with Crippen LogP contribution in [0.1, 0.15) is 39.0 Å². The van der Waals surface area contributed by atoms with Crippen LogP contribution >= 0.6 is 0 Å². The van der Waals surface area contributed by atoms with Crippen molar-refractivity contribution in [2.45, 2.75) is 51.2 Å². The molecule has 1 heterocycles. The standard InChI is InChI=1S/C13H25NO3S/c1-10-3-2-4-11(7-10)5-6-14-12-8-18(16,17)9-13(12)15/h10-15H,2-9H2,1H3. The molecular formula is C13H25NO3S. The molecule has 2 aliphatic rings. The molecule has 0 aromatic carbocycles. The molecule has 1 aliphatic heterocycles. The van der Waals surface area contributed by atoms with Gasteiger partial charge in [-0.2, -0.15) is 0 Å². The number of aliphatic hydroxyl groups excluding tert-OH is 1. The first kappa shape index (κ1) is 14.3. The summed E-state index contributed by atoms with van der Waals surface area (Å²) in [6.07, 6.45) is 5.66. The summed E-state index contributed by atoms with van der Waals surface area (Å²) in [5.41, 5.74) is 0. The highest BCUT2D eigenvalue weighted by molar-refractivity contribution is 7.91. The molecule has 0 amide bonds. The highest BCUT2D eigenvalue weighted by Crippen LogP contribution is 2.30. The molecule has 5 heteroatoms. The Labute approximate surface area is 110 Å². The van der Waals surface area contributed by atoms with Crippen LogP contribution in [0.5, 0.6) is 0 Å². The smallest absolute Gasteiger partial charge is 0.154 e. The summed E-state index contributed by atoms with van der Waals surface area (Å²) in [5, 5.41) is 12.9. The Bertz CT molecular complexity index is 368. The van der Waals surface area contributed by atoms with Crippen LogP contribution in [0.2, 0.25) is 0 Å². The Kier molecular flexibility index (Phi) is 4.67. The summed E-state index contributed by atoms with van der Waals surface area (Å²) in [4.78, 5) is 0. The van der Waals surface area contributed by atoms with Gasteiger partial charge in [-0.1, -0.05) is 26.2 Å². The van der Waals surface area contributed by atoms with Gasteiger partial charge in [0.1, 0.15) is 0 Å². The van der Waals surface area contributed by atoms with Gasteiger partial charge in [0.15, 0.2) is 9.84 Å². The van der Waals surface area contributed by atoms with Gasteiger partial charge in [0.05, 0.1) is 17.6 Å². The van der Waals surface area contributed by atoms with Gasteiger partial charge in [-0.15, -0.1) is 0 Å². The maximum Gasteiger partial charge on any atom is 0.154 e. The summed E-state index contributed by atoms with van der Waals surface area (Å²) < 4.78 is 22.7. The largest absolute Gasteiger partial charge is 0.390 e. The van der Waals surface area contributed by atoms with E-state index in [9.17, 15) is 13.5 Å². The predicted molar refractivity (Wildman–Crippen MR) is 72.2 cm³/mol. The second-order valence-electron chi connectivity index (χ2n) is 6.13. The van der Waals surface area contributed by atoms with Gasteiger partial charge in [-0.25, -0.2) is 8.42 Å². The van der Waals surface area contributed by atoms with Crippen molar-refractivity contribution in [2.24, 2.45) is 11.8 Å². The normalized spacial score (nSPS) is 39.9. The Morgan fingerprint density at radius 3 is 2.67 bits per heavy atom. The molecule has 4 atom stereocenters. The Balaban J connectivity index is 1.69. The molecule has 1 saturated heterocycles. The molecule has 0 aromatic heterocycles. The van der Waals surface area contributed by atoms with Gasteiger partial charge < -0.3 is 10.4 Å². The zero-order valence-electron chi connectivity index (χ0n) is 11.1. The second kappa shape index (κ2) is 5.88. The van der Waals surface area contributed by atoms with E-state index in [4.69, 9.17) is 0 Å². The number of rotatable bonds is 4. The number of aliphatic hydroxyl groups is 1. The quantitative estimate of drug-likeness (QED) is 0.802. The van der Waals surface area contributed by atoms with E-state index in [2.05, 4.69) is 12.2 Å². The second-order valence-corrected chi connectivity index (χ2v) is 8.29. The number of hydrogen-bond donors (Lipinski definition) is 2. The fourth-order valence-corrected chi connectivity index (χ4v) is 5.09. The van der Waals surface area contributed by atoms with Crippen molar-refractivity contribution in [3.8, 4) is 0 Å². The van der Waals surface area contributed by atoms with E-state index in [1.54, 1.807) is 0 Å². The van der Waals surface area contributed by atoms with E-state index in [1.165, 1.54) is 25.7 Å². The molecule has 0 radical (unpaired) electrons. The van der Waals surface area contributed by atoms with E-state index in [-0.39, 0.29) is 17.5 Å². The fourth-order valence-electron chi connectivity index (χ4n) is 3.32. The third-order valence-corrected chi connectivity index (χ3v) is 6.04. The molecule has 1 saturated carbocycles. The number of sulfone groups is 1. The van der Waals surface area contributed by atoms with Crippen LogP contribution in [-0.2, 0) is 9.84 Å². The van der Waals surface area contributed by atoms with Crippen molar-refractivity contribution in [3.63, 3.8) is 0 Å². The van der Waals surface area contributed by atoms with Crippen LogP contribution in [0.15, 0.2) is 0 Å². The van der Waals surface area contributed by atoms with Crippen molar-refractivity contribution in [1.82, 2.24) is 5.32 Å². The minimum atomic E-state index is -3.02. The van der Waals surface area contributed by atoms with Gasteiger partial charge in [-0.3, -0.25) is 0 Å². The van der Waals surface area contributed by atoms with Gasteiger partial charge >= 0.3 is 0 Å². The van der Waals surface area contributed by atoms with E-state index in [0.29, 0.717) is 0 Å². The van der Waals surface area contributed by atoms with Crippen LogP contribution < -0.4 is 5.32 Å². The monoisotopic (exact) mass is 275 g/mol. The van der Waals surface area contributed by atoms with Crippen molar-refractivity contribution < 1.29 is 13.5 Å². The fraction of sp³-hybridized carbons (Fsp3) is 1.00. The topological polar surface area (TPSA) is 66.4 Å². The van der Waals surface area contributed by atoms with Crippen LogP contribution in [0.4, 0.5) is 0 Å². The molecule has 1 aliphatic carbocycles. The Hall–Kier alpha value is -0.130. The van der Waals surface area contributed by atoms with Gasteiger partial charge in [0.25, 0.3) is 0 Å². The first-order chi connectivity index (χ1) is 8.46. The Morgan fingerprint density at radius 1 is 1.28 bits per heavy atom. The molecule has 2 fully saturated rings. The summed E-state index contributed by atoms with van der Waals surface area (Å²) in [7, 11) is -3.02. The number of hydrogen-bond acceptors (Lipinski definition) is 4. The lowest BCUT2D eigenvalue weighted by Crippen LogP contribution is -2.40. The third kappa shape index (κ3) is 3.93. The number of nitrogens with one attached hydrogen (secondary N) is 1. The zero-order chi connectivity index (χ0) is 13.2. The summed E-state index contributed by atoms with van der Waals surface area (Å²) in [5.74, 6) is 1.62. The zero-order valence-corrected chi connectivity index (χ0v) is 12.0. The molecular weight excluding hydrogens is 250 g/mol. The molecule has 4 nitrogen and oxygen atoms in total. The highest BCUT2D eigenvalue weighted by Gasteiger charge is 2.35. The first-order valence-corrected chi connectivity index (χ1v) is 8.90. The lowest BCUT2D eigenvalue weighted by Gasteiger charge is -2.27. The predicted octanol–water partition coefficient (Wildman–Crippen LogP) is 0.950. The average Bonchev–Trinajstić information content (AvgIpc) is 2.52. The first-order valence-electron chi connectivity index (χ1n) is 7.08. The Morgan fingerprint density at radius 2 is 2.06 bits per heavy atom. The van der Waals surface area contributed by atoms with E-state index >= 15 is 0 Å². The molecule has 106 valence electrons. The SMILES string of the molecule is CC1CCCC(CCNC2CS(=O)(=O)CC2O)C1. The molecule has 2 rings (SSSR count). The highest BCUT2D eigenvalue weighted by atomic mass is 32.2. The van der Waals surface area contributed by atoms with E-state index < -0.39 is 15.9 Å². The maximum absolute atomic E-state index is 11.4. The van der Waals surface area contributed by atoms with E-state index in [1.807, 2.05) is 0 Å². The van der Waals surface area contributed by atoms with Crippen molar-refractivity contribution in [3.05, 3.63) is 0 Å². The van der Waals surface area contributed by atoms with Crippen LogP contribution in [0, 0.1) is 11.8 Å². The lowest BCUT2D eigenvalue weighted by atomic mass is 9.81. The summed E-state index contributed by atoms with van der Waals surface area (Å²) >= 11 is 0. The van der Waals surface area contributed by atoms with Crippen molar-refractivity contribution >= 4 is 9.84 Å².